The molecule has 0 saturated heterocycles. The van der Waals surface area contributed by atoms with Crippen LogP contribution in [0, 0.1) is 12.8 Å². The number of rotatable bonds is 12. The second-order valence-corrected chi connectivity index (χ2v) is 7.23. The molecule has 1 atom stereocenters. The van der Waals surface area contributed by atoms with Crippen molar-refractivity contribution >= 4 is 5.96 Å². The smallest absolute Gasteiger partial charge is 0.191 e. The molecule has 0 aliphatic heterocycles. The first-order valence-corrected chi connectivity index (χ1v) is 9.91. The van der Waals surface area contributed by atoms with Gasteiger partial charge in [0.05, 0.1) is 0 Å². The predicted molar refractivity (Wildman–Crippen MR) is 107 cm³/mol. The van der Waals surface area contributed by atoms with Gasteiger partial charge in [-0.25, -0.2) is 4.99 Å². The Balaban J connectivity index is 2.56. The van der Waals surface area contributed by atoms with Crippen molar-refractivity contribution in [1.82, 2.24) is 25.4 Å². The summed E-state index contributed by atoms with van der Waals surface area (Å²) in [5.41, 5.74) is 0. The van der Waals surface area contributed by atoms with Crippen LogP contribution in [0.5, 0.6) is 0 Å². The quantitative estimate of drug-likeness (QED) is 0.338. The highest BCUT2D eigenvalue weighted by atomic mass is 16.5. The maximum Gasteiger partial charge on any atom is 0.191 e. The van der Waals surface area contributed by atoms with E-state index >= 15 is 0 Å². The van der Waals surface area contributed by atoms with E-state index in [1.807, 2.05) is 25.5 Å². The highest BCUT2D eigenvalue weighted by Gasteiger charge is 2.08. The molecule has 1 aromatic rings. The average molecular weight is 367 g/mol. The minimum atomic E-state index is 0.383. The number of aliphatic imine (C=N–C) groups is 1. The normalized spacial score (nSPS) is 13.3. The number of nitrogens with one attached hydrogen (secondary N) is 2. The maximum atomic E-state index is 5.40. The molecule has 0 bridgehead atoms. The van der Waals surface area contributed by atoms with Crippen molar-refractivity contribution in [1.29, 1.82) is 0 Å². The lowest BCUT2D eigenvalue weighted by atomic mass is 10.0. The van der Waals surface area contributed by atoms with Crippen molar-refractivity contribution in [3.05, 3.63) is 11.6 Å². The standard InChI is InChI=1S/C19H38N6O/c1-7-26-13-9-12-20-19(22-16(4)11-8-10-15(2)3)21-14-18-24-23-17(5)25(18)6/h15-16H,7-14H2,1-6H3,(H2,20,21,22). The number of hydrogen-bond donors (Lipinski definition) is 2. The van der Waals surface area contributed by atoms with Gasteiger partial charge in [0.1, 0.15) is 12.4 Å². The number of aryl methyl sites for hydroxylation is 1. The summed E-state index contributed by atoms with van der Waals surface area (Å²) in [5, 5.41) is 15.2. The zero-order valence-electron chi connectivity index (χ0n) is 17.5. The minimum absolute atomic E-state index is 0.383. The molecule has 2 N–H and O–H groups in total. The zero-order valence-corrected chi connectivity index (χ0v) is 17.5. The first-order chi connectivity index (χ1) is 12.4. The van der Waals surface area contributed by atoms with E-state index in [0.717, 1.165) is 56.1 Å². The lowest BCUT2D eigenvalue weighted by Crippen LogP contribution is -2.43. The Kier molecular flexibility index (Phi) is 10.9. The number of aromatic nitrogens is 3. The van der Waals surface area contributed by atoms with E-state index in [9.17, 15) is 0 Å². The highest BCUT2D eigenvalue weighted by molar-refractivity contribution is 5.80. The summed E-state index contributed by atoms with van der Waals surface area (Å²) < 4.78 is 7.37. The largest absolute Gasteiger partial charge is 0.382 e. The van der Waals surface area contributed by atoms with Crippen LogP contribution in [0.1, 0.15) is 65.0 Å². The molecule has 1 aromatic heterocycles. The van der Waals surface area contributed by atoms with Crippen molar-refractivity contribution in [2.45, 2.75) is 72.9 Å². The zero-order chi connectivity index (χ0) is 19.4. The van der Waals surface area contributed by atoms with Gasteiger partial charge >= 0.3 is 0 Å². The van der Waals surface area contributed by atoms with Crippen LogP contribution in [-0.4, -0.2) is 46.5 Å². The van der Waals surface area contributed by atoms with Crippen LogP contribution in [0.4, 0.5) is 0 Å². The minimum Gasteiger partial charge on any atom is -0.382 e. The van der Waals surface area contributed by atoms with E-state index in [4.69, 9.17) is 9.73 Å². The first-order valence-electron chi connectivity index (χ1n) is 9.91. The molecular formula is C19H38N6O. The average Bonchev–Trinajstić information content (AvgIpc) is 2.90. The lowest BCUT2D eigenvalue weighted by molar-refractivity contribution is 0.145. The van der Waals surface area contributed by atoms with E-state index in [2.05, 4.69) is 41.6 Å². The van der Waals surface area contributed by atoms with Crippen LogP contribution >= 0.6 is 0 Å². The molecule has 26 heavy (non-hydrogen) atoms. The first kappa shape index (κ1) is 22.4. The van der Waals surface area contributed by atoms with Crippen LogP contribution in [0.15, 0.2) is 4.99 Å². The van der Waals surface area contributed by atoms with E-state index in [-0.39, 0.29) is 0 Å². The Labute approximate surface area is 159 Å². The summed E-state index contributed by atoms with van der Waals surface area (Å²) in [4.78, 5) is 4.70. The molecule has 1 heterocycles. The summed E-state index contributed by atoms with van der Waals surface area (Å²) in [6.45, 7) is 13.6. The fraction of sp³-hybridized carbons (Fsp3) is 0.842. The molecular weight excluding hydrogens is 328 g/mol. The van der Waals surface area contributed by atoms with E-state index in [1.165, 1.54) is 12.8 Å². The summed E-state index contributed by atoms with van der Waals surface area (Å²) in [7, 11) is 1.97. The van der Waals surface area contributed by atoms with Crippen molar-refractivity contribution in [3.63, 3.8) is 0 Å². The molecule has 0 fully saturated rings. The molecule has 1 unspecified atom stereocenters. The molecule has 7 heteroatoms. The van der Waals surface area contributed by atoms with Crippen molar-refractivity contribution in [2.24, 2.45) is 18.0 Å². The summed E-state index contributed by atoms with van der Waals surface area (Å²) >= 11 is 0. The third kappa shape index (κ3) is 9.17. The van der Waals surface area contributed by atoms with E-state index in [1.54, 1.807) is 0 Å². The number of hydrogen-bond acceptors (Lipinski definition) is 4. The Morgan fingerprint density at radius 3 is 2.58 bits per heavy atom. The summed E-state index contributed by atoms with van der Waals surface area (Å²) in [5.74, 6) is 3.35. The van der Waals surface area contributed by atoms with Crippen molar-refractivity contribution in [2.75, 3.05) is 19.8 Å². The second kappa shape index (κ2) is 12.7. The van der Waals surface area contributed by atoms with Crippen molar-refractivity contribution < 1.29 is 4.74 Å². The molecule has 0 saturated carbocycles. The lowest BCUT2D eigenvalue weighted by Gasteiger charge is -2.19. The van der Waals surface area contributed by atoms with Gasteiger partial charge in [-0.05, 0) is 39.5 Å². The maximum absolute atomic E-state index is 5.40. The van der Waals surface area contributed by atoms with Gasteiger partial charge in [0.25, 0.3) is 0 Å². The molecule has 150 valence electrons. The van der Waals surface area contributed by atoms with Gasteiger partial charge in [0.2, 0.25) is 0 Å². The van der Waals surface area contributed by atoms with Crippen LogP contribution in [0.2, 0.25) is 0 Å². The number of guanidine groups is 1. The topological polar surface area (TPSA) is 76.4 Å². The third-order valence-corrected chi connectivity index (χ3v) is 4.33. The Morgan fingerprint density at radius 2 is 1.96 bits per heavy atom. The summed E-state index contributed by atoms with van der Waals surface area (Å²) in [6, 6.07) is 0.383. The monoisotopic (exact) mass is 366 g/mol. The second-order valence-electron chi connectivity index (χ2n) is 7.23. The van der Waals surface area contributed by atoms with Gasteiger partial charge in [-0.15, -0.1) is 10.2 Å². The van der Waals surface area contributed by atoms with Gasteiger partial charge < -0.3 is 19.9 Å². The van der Waals surface area contributed by atoms with Gasteiger partial charge in [-0.3, -0.25) is 0 Å². The predicted octanol–water partition coefficient (Wildman–Crippen LogP) is 2.80. The van der Waals surface area contributed by atoms with Crippen LogP contribution in [0.3, 0.4) is 0 Å². The highest BCUT2D eigenvalue weighted by Crippen LogP contribution is 2.08. The molecule has 0 aromatic carbocycles. The molecule has 7 nitrogen and oxygen atoms in total. The Hall–Kier alpha value is -1.63. The van der Waals surface area contributed by atoms with Gasteiger partial charge in [-0.2, -0.15) is 0 Å². The van der Waals surface area contributed by atoms with Crippen LogP contribution in [0.25, 0.3) is 0 Å². The SMILES string of the molecule is CCOCCCNC(=NCc1nnc(C)n1C)NC(C)CCCC(C)C. The van der Waals surface area contributed by atoms with E-state index < -0.39 is 0 Å². The van der Waals surface area contributed by atoms with Crippen molar-refractivity contribution in [3.8, 4) is 0 Å². The van der Waals surface area contributed by atoms with Gasteiger partial charge in [-0.1, -0.05) is 26.7 Å². The van der Waals surface area contributed by atoms with Crippen LogP contribution < -0.4 is 10.6 Å². The van der Waals surface area contributed by atoms with Gasteiger partial charge in [0, 0.05) is 32.8 Å². The number of ether oxygens (including phenoxy) is 1. The molecule has 0 aliphatic carbocycles. The Morgan fingerprint density at radius 1 is 1.19 bits per heavy atom. The van der Waals surface area contributed by atoms with Crippen LogP contribution in [-0.2, 0) is 18.3 Å². The molecule has 0 aliphatic rings. The Bertz CT molecular complexity index is 526. The fourth-order valence-corrected chi connectivity index (χ4v) is 2.55. The molecule has 1 rings (SSSR count). The molecule has 0 spiro atoms. The summed E-state index contributed by atoms with van der Waals surface area (Å²) in [6.07, 6.45) is 4.59. The molecule has 0 radical (unpaired) electrons. The number of nitrogens with zero attached hydrogens (tertiary/aromatic N) is 4. The van der Waals surface area contributed by atoms with E-state index in [0.29, 0.717) is 12.6 Å². The molecule has 0 amide bonds. The fourth-order valence-electron chi connectivity index (χ4n) is 2.55. The van der Waals surface area contributed by atoms with Gasteiger partial charge in [0.15, 0.2) is 11.8 Å². The third-order valence-electron chi connectivity index (χ3n) is 4.33.